The predicted molar refractivity (Wildman–Crippen MR) is 141 cm³/mol. The van der Waals surface area contributed by atoms with E-state index >= 15 is 0 Å². The molecule has 6 nitrogen and oxygen atoms in total. The lowest BCUT2D eigenvalue weighted by Gasteiger charge is -2.20. The van der Waals surface area contributed by atoms with Gasteiger partial charge >= 0.3 is 0 Å². The van der Waals surface area contributed by atoms with Gasteiger partial charge in [-0.3, -0.25) is 14.5 Å². The van der Waals surface area contributed by atoms with Crippen molar-refractivity contribution in [3.05, 3.63) is 65.0 Å². The van der Waals surface area contributed by atoms with E-state index in [0.717, 1.165) is 54.8 Å². The van der Waals surface area contributed by atoms with Gasteiger partial charge in [0.05, 0.1) is 28.7 Å². The van der Waals surface area contributed by atoms with E-state index in [9.17, 15) is 9.59 Å². The molecule has 4 rings (SSSR count). The third-order valence-corrected chi connectivity index (χ3v) is 6.76. The van der Waals surface area contributed by atoms with Crippen molar-refractivity contribution in [1.82, 2.24) is 19.4 Å². The minimum absolute atomic E-state index is 0.214. The number of carbonyl (C=O) groups is 2. The number of nitrogens with zero attached hydrogens (tertiary/aromatic N) is 4. The number of amides is 2. The van der Waals surface area contributed by atoms with E-state index in [-0.39, 0.29) is 18.4 Å². The first-order chi connectivity index (χ1) is 17.1. The lowest BCUT2D eigenvalue weighted by Crippen LogP contribution is -2.29. The Balaban J connectivity index is 1.47. The second-order valence-electron chi connectivity index (χ2n) is 9.54. The van der Waals surface area contributed by atoms with E-state index < -0.39 is 0 Å². The Bertz CT molecular complexity index is 1140. The van der Waals surface area contributed by atoms with Gasteiger partial charge in [0.15, 0.2) is 0 Å². The lowest BCUT2D eigenvalue weighted by atomic mass is 10.1. The number of aromatic nitrogens is 2. The van der Waals surface area contributed by atoms with Crippen LogP contribution < -0.4 is 0 Å². The van der Waals surface area contributed by atoms with Gasteiger partial charge in [-0.2, -0.15) is 0 Å². The summed E-state index contributed by atoms with van der Waals surface area (Å²) in [5.41, 5.74) is 4.01. The van der Waals surface area contributed by atoms with Crippen LogP contribution in [0, 0.1) is 0 Å². The highest BCUT2D eigenvalue weighted by Crippen LogP contribution is 2.26. The summed E-state index contributed by atoms with van der Waals surface area (Å²) < 4.78 is 2.33. The number of hydrogen-bond donors (Lipinski definition) is 0. The summed E-state index contributed by atoms with van der Waals surface area (Å²) in [5, 5.41) is 0. The summed E-state index contributed by atoms with van der Waals surface area (Å²) >= 11 is 0. The van der Waals surface area contributed by atoms with Crippen molar-refractivity contribution >= 4 is 22.8 Å². The Morgan fingerprint density at radius 3 is 2.14 bits per heavy atom. The largest absolute Gasteiger partial charge is 0.328 e. The molecular formula is C29H38N4O2. The zero-order valence-electron chi connectivity index (χ0n) is 21.4. The average Bonchev–Trinajstić information content (AvgIpc) is 3.32. The van der Waals surface area contributed by atoms with Crippen LogP contribution in [0.15, 0.2) is 42.5 Å². The van der Waals surface area contributed by atoms with E-state index in [2.05, 4.69) is 36.3 Å². The normalized spacial score (nSPS) is 13.4. The van der Waals surface area contributed by atoms with Gasteiger partial charge in [-0.15, -0.1) is 0 Å². The minimum atomic E-state index is -0.214. The van der Waals surface area contributed by atoms with Gasteiger partial charge in [-0.05, 0) is 81.6 Å². The Labute approximate surface area is 208 Å². The van der Waals surface area contributed by atoms with Crippen molar-refractivity contribution < 1.29 is 9.59 Å². The van der Waals surface area contributed by atoms with Crippen molar-refractivity contribution in [1.29, 1.82) is 0 Å². The van der Waals surface area contributed by atoms with Gasteiger partial charge in [0.1, 0.15) is 5.82 Å². The zero-order chi connectivity index (χ0) is 24.8. The number of imidazole rings is 1. The lowest BCUT2D eigenvalue weighted by molar-refractivity contribution is 0.0642. The quantitative estimate of drug-likeness (QED) is 0.236. The Morgan fingerprint density at radius 1 is 0.829 bits per heavy atom. The van der Waals surface area contributed by atoms with Gasteiger partial charge in [0, 0.05) is 13.0 Å². The first kappa shape index (κ1) is 25.1. The molecule has 3 aromatic rings. The maximum Gasteiger partial charge on any atom is 0.261 e. The monoisotopic (exact) mass is 474 g/mol. The van der Waals surface area contributed by atoms with Crippen LogP contribution in [0.3, 0.4) is 0 Å². The third kappa shape index (κ3) is 5.48. The standard InChI is InChI=1S/C29H38N4O2/c1-4-16-31(17-5-2)19-10-9-13-27-30-25-15-14-22(20-26(25)32(27)18-6-3)21-33-28(34)23-11-7-8-12-24(23)29(33)35/h7-8,11-12,14-15,20H,4-6,9-10,13,16-19,21H2,1-3H3. The highest BCUT2D eigenvalue weighted by molar-refractivity contribution is 6.21. The maximum atomic E-state index is 12.8. The molecule has 0 unspecified atom stereocenters. The number of fused-ring (bicyclic) bond motifs is 2. The first-order valence-corrected chi connectivity index (χ1v) is 13.2. The number of rotatable bonds is 13. The molecule has 1 aromatic heterocycles. The van der Waals surface area contributed by atoms with Gasteiger partial charge in [0.25, 0.3) is 11.8 Å². The molecule has 0 radical (unpaired) electrons. The molecule has 6 heteroatoms. The molecule has 0 spiro atoms. The van der Waals surface area contributed by atoms with Gasteiger partial charge in [0.2, 0.25) is 0 Å². The molecule has 0 saturated carbocycles. The minimum Gasteiger partial charge on any atom is -0.328 e. The number of unbranched alkanes of at least 4 members (excludes halogenated alkanes) is 1. The van der Waals surface area contributed by atoms with Crippen LogP contribution in [-0.4, -0.2) is 50.8 Å². The molecular weight excluding hydrogens is 436 g/mol. The van der Waals surface area contributed by atoms with Crippen LogP contribution in [0.5, 0.6) is 0 Å². The fourth-order valence-corrected chi connectivity index (χ4v) is 5.13. The second kappa shape index (κ2) is 11.6. The number of imide groups is 1. The molecule has 0 atom stereocenters. The van der Waals surface area contributed by atoms with Crippen molar-refractivity contribution in [2.45, 2.75) is 72.4 Å². The van der Waals surface area contributed by atoms with Crippen LogP contribution in [-0.2, 0) is 19.5 Å². The first-order valence-electron chi connectivity index (χ1n) is 13.2. The van der Waals surface area contributed by atoms with Gasteiger partial charge in [-0.25, -0.2) is 4.98 Å². The maximum absolute atomic E-state index is 12.8. The Morgan fingerprint density at radius 2 is 1.51 bits per heavy atom. The third-order valence-electron chi connectivity index (χ3n) is 6.76. The summed E-state index contributed by atoms with van der Waals surface area (Å²) in [6.45, 7) is 11.4. The molecule has 1 aliphatic rings. The fourth-order valence-electron chi connectivity index (χ4n) is 5.13. The molecule has 0 fully saturated rings. The SMILES string of the molecule is CCCN(CCC)CCCCc1nc2ccc(CN3C(=O)c4ccccc4C3=O)cc2n1CCC. The van der Waals surface area contributed by atoms with Crippen molar-refractivity contribution in [3.8, 4) is 0 Å². The van der Waals surface area contributed by atoms with E-state index in [0.29, 0.717) is 11.1 Å². The predicted octanol–water partition coefficient (Wildman–Crippen LogP) is 5.69. The molecule has 0 bridgehead atoms. The fraction of sp³-hybridized carbons (Fsp3) is 0.483. The van der Waals surface area contributed by atoms with Crippen molar-refractivity contribution in [3.63, 3.8) is 0 Å². The van der Waals surface area contributed by atoms with Crippen LogP contribution in [0.4, 0.5) is 0 Å². The molecule has 1 aliphatic heterocycles. The van der Waals surface area contributed by atoms with Crippen LogP contribution >= 0.6 is 0 Å². The highest BCUT2D eigenvalue weighted by Gasteiger charge is 2.35. The summed E-state index contributed by atoms with van der Waals surface area (Å²) in [6.07, 6.45) is 6.71. The van der Waals surface area contributed by atoms with E-state index in [1.807, 2.05) is 12.1 Å². The number of aryl methyl sites for hydroxylation is 2. The topological polar surface area (TPSA) is 58.4 Å². The molecule has 2 heterocycles. The molecule has 2 amide bonds. The van der Waals surface area contributed by atoms with E-state index in [1.165, 1.54) is 37.3 Å². The number of benzene rings is 2. The molecule has 0 saturated heterocycles. The number of hydrogen-bond acceptors (Lipinski definition) is 4. The van der Waals surface area contributed by atoms with E-state index in [1.54, 1.807) is 24.3 Å². The summed E-state index contributed by atoms with van der Waals surface area (Å²) in [7, 11) is 0. The molecule has 186 valence electrons. The van der Waals surface area contributed by atoms with Crippen molar-refractivity contribution in [2.75, 3.05) is 19.6 Å². The molecule has 0 aliphatic carbocycles. The number of carbonyl (C=O) groups excluding carboxylic acids is 2. The molecule has 35 heavy (non-hydrogen) atoms. The van der Waals surface area contributed by atoms with Crippen molar-refractivity contribution in [2.24, 2.45) is 0 Å². The zero-order valence-corrected chi connectivity index (χ0v) is 21.4. The summed E-state index contributed by atoms with van der Waals surface area (Å²) in [4.78, 5) is 34.5. The van der Waals surface area contributed by atoms with Crippen LogP contribution in [0.25, 0.3) is 11.0 Å². The molecule has 2 aromatic carbocycles. The van der Waals surface area contributed by atoms with Gasteiger partial charge < -0.3 is 9.47 Å². The Hall–Kier alpha value is -2.99. The summed E-state index contributed by atoms with van der Waals surface area (Å²) in [6, 6.07) is 13.2. The summed E-state index contributed by atoms with van der Waals surface area (Å²) in [5.74, 6) is 0.708. The Kier molecular flexibility index (Phi) is 8.34. The second-order valence-corrected chi connectivity index (χ2v) is 9.54. The van der Waals surface area contributed by atoms with Crippen LogP contribution in [0.1, 0.15) is 85.0 Å². The van der Waals surface area contributed by atoms with Gasteiger partial charge in [-0.1, -0.05) is 39.0 Å². The molecule has 0 N–H and O–H groups in total. The van der Waals surface area contributed by atoms with Crippen LogP contribution in [0.2, 0.25) is 0 Å². The van der Waals surface area contributed by atoms with E-state index in [4.69, 9.17) is 4.98 Å². The smallest absolute Gasteiger partial charge is 0.261 e. The average molecular weight is 475 g/mol. The highest BCUT2D eigenvalue weighted by atomic mass is 16.2.